The summed E-state index contributed by atoms with van der Waals surface area (Å²) in [6.45, 7) is 2.54. The Kier molecular flexibility index (Phi) is 4.11. The zero-order valence-corrected chi connectivity index (χ0v) is 11.2. The fourth-order valence-electron chi connectivity index (χ4n) is 2.70. The highest BCUT2D eigenvalue weighted by Gasteiger charge is 2.39. The van der Waals surface area contributed by atoms with Gasteiger partial charge in [-0.2, -0.15) is 0 Å². The number of carbonyl (C=O) groups is 1. The van der Waals surface area contributed by atoms with Gasteiger partial charge in [-0.1, -0.05) is 24.5 Å². The average Bonchev–Trinajstić information content (AvgIpc) is 2.76. The third-order valence-corrected chi connectivity index (χ3v) is 3.58. The third kappa shape index (κ3) is 2.77. The highest BCUT2D eigenvalue weighted by atomic mass is 16.5. The summed E-state index contributed by atoms with van der Waals surface area (Å²) in [5.74, 6) is 0.157. The quantitative estimate of drug-likeness (QED) is 0.798. The number of ketones is 1. The van der Waals surface area contributed by atoms with Crippen molar-refractivity contribution in [2.75, 3.05) is 6.61 Å². The van der Waals surface area contributed by atoms with Gasteiger partial charge in [0.1, 0.15) is 5.60 Å². The predicted molar refractivity (Wildman–Crippen MR) is 67.2 cm³/mol. The summed E-state index contributed by atoms with van der Waals surface area (Å²) in [5.41, 5.74) is 0.164. The number of ether oxygens (including phenoxy) is 1. The molecule has 0 spiro atoms. The Morgan fingerprint density at radius 3 is 2.72 bits per heavy atom. The van der Waals surface area contributed by atoms with Crippen LogP contribution in [0.1, 0.15) is 44.7 Å². The number of aryl methyl sites for hydroxylation is 1. The Morgan fingerprint density at radius 1 is 1.44 bits per heavy atom. The minimum atomic E-state index is -0.565. The van der Waals surface area contributed by atoms with Crippen molar-refractivity contribution in [2.24, 2.45) is 7.05 Å². The van der Waals surface area contributed by atoms with Crippen molar-refractivity contribution in [2.45, 2.75) is 51.0 Å². The van der Waals surface area contributed by atoms with E-state index in [0.717, 1.165) is 31.4 Å². The van der Waals surface area contributed by atoms with Crippen LogP contribution in [0.4, 0.5) is 0 Å². The Bertz CT molecular complexity index is 403. The van der Waals surface area contributed by atoms with Crippen LogP contribution in [0.25, 0.3) is 0 Å². The van der Waals surface area contributed by atoms with Crippen LogP contribution in [0.15, 0.2) is 6.20 Å². The molecule has 1 aromatic rings. The molecule has 0 atom stereocenters. The normalized spacial score (nSPS) is 18.8. The van der Waals surface area contributed by atoms with Gasteiger partial charge >= 0.3 is 0 Å². The summed E-state index contributed by atoms with van der Waals surface area (Å²) in [5, 5.41) is 7.84. The number of Topliss-reactive ketones (excluding diaryl/α,β-unsaturated/α-hetero) is 1. The number of hydrogen-bond acceptors (Lipinski definition) is 4. The average molecular weight is 251 g/mol. The smallest absolute Gasteiger partial charge is 0.170 e. The maximum Gasteiger partial charge on any atom is 0.170 e. The van der Waals surface area contributed by atoms with Gasteiger partial charge in [0.25, 0.3) is 0 Å². The summed E-state index contributed by atoms with van der Waals surface area (Å²) >= 11 is 0. The van der Waals surface area contributed by atoms with Gasteiger partial charge in [-0.3, -0.25) is 9.48 Å². The summed E-state index contributed by atoms with van der Waals surface area (Å²) < 4.78 is 7.43. The van der Waals surface area contributed by atoms with Gasteiger partial charge in [0.2, 0.25) is 0 Å². The number of aromatic nitrogens is 3. The van der Waals surface area contributed by atoms with Crippen LogP contribution in [-0.2, 0) is 23.0 Å². The zero-order chi connectivity index (χ0) is 13.0. The molecule has 1 aromatic heterocycles. The van der Waals surface area contributed by atoms with Crippen LogP contribution in [-0.4, -0.2) is 33.0 Å². The van der Waals surface area contributed by atoms with E-state index in [0.29, 0.717) is 13.0 Å². The van der Waals surface area contributed by atoms with Crippen molar-refractivity contribution < 1.29 is 9.53 Å². The highest BCUT2D eigenvalue weighted by Crippen LogP contribution is 2.33. The molecule has 1 fully saturated rings. The van der Waals surface area contributed by atoms with Gasteiger partial charge in [-0.25, -0.2) is 0 Å². The molecule has 1 heterocycles. The molecule has 0 amide bonds. The molecule has 0 radical (unpaired) electrons. The molecule has 1 aliphatic rings. The molecule has 2 rings (SSSR count). The number of hydrogen-bond donors (Lipinski definition) is 0. The first kappa shape index (κ1) is 13.2. The summed E-state index contributed by atoms with van der Waals surface area (Å²) in [6.07, 6.45) is 7.17. The van der Waals surface area contributed by atoms with E-state index in [9.17, 15) is 4.79 Å². The summed E-state index contributed by atoms with van der Waals surface area (Å²) in [4.78, 5) is 12.5. The van der Waals surface area contributed by atoms with Crippen LogP contribution in [0, 0.1) is 0 Å². The van der Waals surface area contributed by atoms with E-state index in [1.807, 2.05) is 6.92 Å². The fourth-order valence-corrected chi connectivity index (χ4v) is 2.70. The van der Waals surface area contributed by atoms with Crippen molar-refractivity contribution >= 4 is 5.78 Å². The first-order valence-corrected chi connectivity index (χ1v) is 6.69. The van der Waals surface area contributed by atoms with Crippen molar-refractivity contribution in [1.82, 2.24) is 15.0 Å². The standard InChI is InChI=1S/C13H21N3O2/c1-3-18-13(7-5-4-6-8-13)12(17)9-11-10-16(2)15-14-11/h10H,3-9H2,1-2H3. The number of carbonyl (C=O) groups excluding carboxylic acids is 1. The summed E-state index contributed by atoms with van der Waals surface area (Å²) in [6, 6.07) is 0. The Balaban J connectivity index is 2.08. The second-order valence-corrected chi connectivity index (χ2v) is 4.97. The van der Waals surface area contributed by atoms with Crippen LogP contribution >= 0.6 is 0 Å². The van der Waals surface area contributed by atoms with Gasteiger partial charge in [-0.05, 0) is 19.8 Å². The van der Waals surface area contributed by atoms with Crippen molar-refractivity contribution in [3.05, 3.63) is 11.9 Å². The molecule has 18 heavy (non-hydrogen) atoms. The number of rotatable bonds is 5. The third-order valence-electron chi connectivity index (χ3n) is 3.58. The van der Waals surface area contributed by atoms with Gasteiger partial charge in [-0.15, -0.1) is 5.10 Å². The minimum Gasteiger partial charge on any atom is -0.367 e. The second-order valence-electron chi connectivity index (χ2n) is 4.97. The molecule has 0 aliphatic heterocycles. The molecule has 5 nitrogen and oxygen atoms in total. The molecule has 1 aliphatic carbocycles. The lowest BCUT2D eigenvalue weighted by molar-refractivity contribution is -0.148. The van der Waals surface area contributed by atoms with E-state index in [2.05, 4.69) is 10.3 Å². The van der Waals surface area contributed by atoms with Crippen LogP contribution < -0.4 is 0 Å². The summed E-state index contributed by atoms with van der Waals surface area (Å²) in [7, 11) is 1.81. The van der Waals surface area contributed by atoms with Gasteiger partial charge in [0, 0.05) is 19.9 Å². The molecule has 0 bridgehead atoms. The monoisotopic (exact) mass is 251 g/mol. The zero-order valence-electron chi connectivity index (χ0n) is 11.2. The van der Waals surface area contributed by atoms with Crippen LogP contribution in [0.2, 0.25) is 0 Å². The van der Waals surface area contributed by atoms with E-state index < -0.39 is 5.60 Å². The molecule has 0 saturated heterocycles. The van der Waals surface area contributed by atoms with E-state index in [1.54, 1.807) is 17.9 Å². The molecular formula is C13H21N3O2. The van der Waals surface area contributed by atoms with Crippen LogP contribution in [0.5, 0.6) is 0 Å². The molecule has 100 valence electrons. The topological polar surface area (TPSA) is 57.0 Å². The number of nitrogens with zero attached hydrogens (tertiary/aromatic N) is 3. The largest absolute Gasteiger partial charge is 0.367 e. The first-order chi connectivity index (χ1) is 8.66. The molecular weight excluding hydrogens is 230 g/mol. The molecule has 0 unspecified atom stereocenters. The van der Waals surface area contributed by atoms with Crippen LogP contribution in [0.3, 0.4) is 0 Å². The molecule has 0 N–H and O–H groups in total. The lowest BCUT2D eigenvalue weighted by Gasteiger charge is -2.35. The SMILES string of the molecule is CCOC1(C(=O)Cc2cn(C)nn2)CCCCC1. The molecule has 0 aromatic carbocycles. The van der Waals surface area contributed by atoms with Crippen molar-refractivity contribution in [3.8, 4) is 0 Å². The lowest BCUT2D eigenvalue weighted by atomic mass is 9.80. The highest BCUT2D eigenvalue weighted by molar-refractivity contribution is 5.89. The Labute approximate surface area is 108 Å². The maximum absolute atomic E-state index is 12.5. The van der Waals surface area contributed by atoms with E-state index in [4.69, 9.17) is 4.74 Å². The van der Waals surface area contributed by atoms with Gasteiger partial charge < -0.3 is 4.74 Å². The molecule has 5 heteroatoms. The van der Waals surface area contributed by atoms with E-state index in [-0.39, 0.29) is 5.78 Å². The maximum atomic E-state index is 12.5. The lowest BCUT2D eigenvalue weighted by Crippen LogP contribution is -2.44. The van der Waals surface area contributed by atoms with Crippen molar-refractivity contribution in [3.63, 3.8) is 0 Å². The Morgan fingerprint density at radius 2 is 2.17 bits per heavy atom. The minimum absolute atomic E-state index is 0.157. The van der Waals surface area contributed by atoms with Gasteiger partial charge in [0.15, 0.2) is 5.78 Å². The first-order valence-electron chi connectivity index (χ1n) is 6.69. The Hall–Kier alpha value is -1.23. The molecule has 1 saturated carbocycles. The van der Waals surface area contributed by atoms with Crippen molar-refractivity contribution in [1.29, 1.82) is 0 Å². The van der Waals surface area contributed by atoms with E-state index in [1.165, 1.54) is 6.42 Å². The predicted octanol–water partition coefficient (Wildman–Crippen LogP) is 1.67. The fraction of sp³-hybridized carbons (Fsp3) is 0.769. The van der Waals surface area contributed by atoms with Gasteiger partial charge in [0.05, 0.1) is 12.1 Å². The van der Waals surface area contributed by atoms with E-state index >= 15 is 0 Å². The second kappa shape index (κ2) is 5.61.